The van der Waals surface area contributed by atoms with Crippen LogP contribution in [0.4, 0.5) is 0 Å². The highest BCUT2D eigenvalue weighted by molar-refractivity contribution is 6.69. The van der Waals surface area contributed by atoms with Gasteiger partial charge in [0.2, 0.25) is 0 Å². The minimum atomic E-state index is -1.49. The average molecular weight is 418 g/mol. The largest absolute Gasteiger partial charge is 0.415 e. The van der Waals surface area contributed by atoms with Crippen molar-refractivity contribution in [1.29, 1.82) is 0 Å². The van der Waals surface area contributed by atoms with E-state index >= 15 is 0 Å². The van der Waals surface area contributed by atoms with E-state index in [1.165, 1.54) is 44.9 Å². The third-order valence-electron chi connectivity index (χ3n) is 9.37. The topological polar surface area (TPSA) is 30.8 Å². The molecule has 3 unspecified atom stereocenters. The van der Waals surface area contributed by atoms with E-state index < -0.39 is 8.32 Å². The number of hydrogen-bond donors (Lipinski definition) is 0. The lowest BCUT2D eigenvalue weighted by molar-refractivity contribution is -0.0658. The molecule has 164 valence electrons. The van der Waals surface area contributed by atoms with E-state index in [9.17, 15) is 0 Å². The molecule has 7 atom stereocenters. The van der Waals surface area contributed by atoms with Crippen LogP contribution in [0.3, 0.4) is 0 Å². The summed E-state index contributed by atoms with van der Waals surface area (Å²) >= 11 is 0. The summed E-state index contributed by atoms with van der Waals surface area (Å²) in [7, 11) is 0.179. The van der Waals surface area contributed by atoms with Crippen molar-refractivity contribution in [3.63, 3.8) is 0 Å². The predicted molar refractivity (Wildman–Crippen MR) is 124 cm³/mol. The third-order valence-corrected chi connectivity index (χ3v) is 10.4. The van der Waals surface area contributed by atoms with E-state index in [2.05, 4.69) is 51.6 Å². The molecule has 0 bridgehead atoms. The molecule has 0 aliphatic heterocycles. The predicted octanol–water partition coefficient (Wildman–Crippen LogP) is 6.81. The number of nitrogens with zero attached hydrogens (tertiary/aromatic N) is 1. The summed E-state index contributed by atoms with van der Waals surface area (Å²) in [6, 6.07) is 0. The van der Waals surface area contributed by atoms with Gasteiger partial charge in [0, 0.05) is 6.10 Å². The molecule has 4 aliphatic rings. The van der Waals surface area contributed by atoms with Crippen LogP contribution >= 0.6 is 0 Å². The Hall–Kier alpha value is -0.613. The summed E-state index contributed by atoms with van der Waals surface area (Å²) in [4.78, 5) is 5.07. The van der Waals surface area contributed by atoms with Gasteiger partial charge >= 0.3 is 0 Å². The van der Waals surface area contributed by atoms with E-state index in [-0.39, 0.29) is 0 Å². The normalized spacial score (nSPS) is 44.5. The van der Waals surface area contributed by atoms with Gasteiger partial charge in [0.25, 0.3) is 0 Å². The number of allylic oxidation sites excluding steroid dienone is 2. The maximum Gasteiger partial charge on any atom is 0.184 e. The Kier molecular flexibility index (Phi) is 5.60. The standard InChI is InChI=1S/C25H43NO2Si/c1-17(28-29(5,6)7)21-10-11-22-20-9-8-18-16-19(26-27-4)12-14-24(18,2)23(20)13-15-25(21,22)3/h16-17,20-23H,8-15H2,1-7H3/t17-,20?,21+,22?,23?,24-,25+/m0/s1. The van der Waals surface area contributed by atoms with Gasteiger partial charge in [-0.3, -0.25) is 0 Å². The molecule has 3 fully saturated rings. The second kappa shape index (κ2) is 7.51. The number of rotatable bonds is 4. The van der Waals surface area contributed by atoms with Crippen molar-refractivity contribution < 1.29 is 9.26 Å². The van der Waals surface area contributed by atoms with Gasteiger partial charge in [0.1, 0.15) is 7.11 Å². The van der Waals surface area contributed by atoms with Crippen LogP contribution in [-0.4, -0.2) is 27.2 Å². The molecular formula is C25H43NO2Si. The van der Waals surface area contributed by atoms with Crippen molar-refractivity contribution in [2.75, 3.05) is 7.11 Å². The highest BCUT2D eigenvalue weighted by Gasteiger charge is 2.59. The molecule has 0 radical (unpaired) electrons. The van der Waals surface area contributed by atoms with E-state index in [4.69, 9.17) is 9.26 Å². The van der Waals surface area contributed by atoms with Crippen LogP contribution in [0, 0.1) is 34.5 Å². The van der Waals surface area contributed by atoms with Crippen molar-refractivity contribution in [2.24, 2.45) is 39.7 Å². The Morgan fingerprint density at radius 2 is 1.79 bits per heavy atom. The molecule has 29 heavy (non-hydrogen) atoms. The molecule has 0 saturated heterocycles. The van der Waals surface area contributed by atoms with Gasteiger partial charge in [-0.1, -0.05) is 24.6 Å². The van der Waals surface area contributed by atoms with Gasteiger partial charge in [-0.15, -0.1) is 0 Å². The van der Waals surface area contributed by atoms with Crippen molar-refractivity contribution >= 4 is 14.0 Å². The maximum absolute atomic E-state index is 6.62. The molecule has 0 N–H and O–H groups in total. The Bertz CT molecular complexity index is 695. The molecule has 0 heterocycles. The molecule has 0 aromatic carbocycles. The summed E-state index contributed by atoms with van der Waals surface area (Å²) in [6.07, 6.45) is 13.4. The van der Waals surface area contributed by atoms with Gasteiger partial charge in [-0.25, -0.2) is 0 Å². The zero-order chi connectivity index (χ0) is 21.0. The number of fused-ring (bicyclic) bond motifs is 5. The van der Waals surface area contributed by atoms with Crippen molar-refractivity contribution in [3.8, 4) is 0 Å². The first-order valence-corrected chi connectivity index (χ1v) is 15.5. The molecule has 0 amide bonds. The molecule has 4 rings (SSSR count). The number of oxime groups is 1. The van der Waals surface area contributed by atoms with Gasteiger partial charge in [-0.05, 0) is 119 Å². The van der Waals surface area contributed by atoms with Crippen molar-refractivity contribution in [1.82, 2.24) is 0 Å². The highest BCUT2D eigenvalue weighted by atomic mass is 28.4. The Labute approximate surface area is 179 Å². The first-order valence-electron chi connectivity index (χ1n) is 12.1. The SMILES string of the molecule is CON=C1C=C2CCC3C(CC[C@@]4(C)C3CC[C@@H]4[C@H](C)O[Si](C)(C)C)[C@@]2(C)CC1. The zero-order valence-electron chi connectivity index (χ0n) is 19.9. The van der Waals surface area contributed by atoms with Gasteiger partial charge in [-0.2, -0.15) is 0 Å². The lowest BCUT2D eigenvalue weighted by Gasteiger charge is -2.58. The Morgan fingerprint density at radius 3 is 2.48 bits per heavy atom. The summed E-state index contributed by atoms with van der Waals surface area (Å²) < 4.78 is 6.62. The molecule has 3 saturated carbocycles. The maximum atomic E-state index is 6.62. The van der Waals surface area contributed by atoms with Crippen LogP contribution in [0.5, 0.6) is 0 Å². The second-order valence-corrected chi connectivity index (χ2v) is 16.4. The van der Waals surface area contributed by atoms with Crippen molar-refractivity contribution in [3.05, 3.63) is 11.6 Å². The minimum Gasteiger partial charge on any atom is -0.415 e. The third kappa shape index (κ3) is 3.67. The molecule has 0 spiro atoms. The monoisotopic (exact) mass is 417 g/mol. The molecule has 4 aliphatic carbocycles. The zero-order valence-corrected chi connectivity index (χ0v) is 20.9. The van der Waals surface area contributed by atoms with Gasteiger partial charge in [0.05, 0.1) is 5.71 Å². The van der Waals surface area contributed by atoms with Crippen LogP contribution in [0.15, 0.2) is 16.8 Å². The fourth-order valence-electron chi connectivity index (χ4n) is 8.21. The van der Waals surface area contributed by atoms with E-state index in [1.54, 1.807) is 12.7 Å². The minimum absolute atomic E-state index is 0.384. The molecule has 0 aromatic heterocycles. The Balaban J connectivity index is 1.56. The van der Waals surface area contributed by atoms with E-state index in [1.807, 2.05) is 0 Å². The molecular weight excluding hydrogens is 374 g/mol. The van der Waals surface area contributed by atoms with Crippen LogP contribution < -0.4 is 0 Å². The summed E-state index contributed by atoms with van der Waals surface area (Å²) in [5, 5.41) is 4.26. The average Bonchev–Trinajstić information content (AvgIpc) is 2.98. The lowest BCUT2D eigenvalue weighted by Crippen LogP contribution is -2.51. The van der Waals surface area contributed by atoms with Crippen LogP contribution in [0.2, 0.25) is 19.6 Å². The van der Waals surface area contributed by atoms with Crippen LogP contribution in [0.25, 0.3) is 0 Å². The lowest BCUT2D eigenvalue weighted by atomic mass is 9.46. The summed E-state index contributed by atoms with van der Waals surface area (Å²) in [6.45, 7) is 14.6. The fourth-order valence-corrected chi connectivity index (χ4v) is 9.49. The van der Waals surface area contributed by atoms with Gasteiger partial charge in [0.15, 0.2) is 8.32 Å². The fraction of sp³-hybridized carbons (Fsp3) is 0.880. The number of hydrogen-bond acceptors (Lipinski definition) is 3. The van der Waals surface area contributed by atoms with E-state index in [0.29, 0.717) is 16.9 Å². The Morgan fingerprint density at radius 1 is 1.03 bits per heavy atom. The quantitative estimate of drug-likeness (QED) is 0.371. The smallest absolute Gasteiger partial charge is 0.184 e. The molecule has 3 nitrogen and oxygen atoms in total. The van der Waals surface area contributed by atoms with Crippen LogP contribution in [0.1, 0.15) is 72.1 Å². The van der Waals surface area contributed by atoms with E-state index in [0.717, 1.165) is 35.8 Å². The van der Waals surface area contributed by atoms with Crippen LogP contribution in [-0.2, 0) is 9.26 Å². The van der Waals surface area contributed by atoms with Crippen molar-refractivity contribution in [2.45, 2.75) is 97.9 Å². The summed E-state index contributed by atoms with van der Waals surface area (Å²) in [5.41, 5.74) is 3.68. The molecule has 4 heteroatoms. The summed E-state index contributed by atoms with van der Waals surface area (Å²) in [5.74, 6) is 3.40. The van der Waals surface area contributed by atoms with Gasteiger partial charge < -0.3 is 9.26 Å². The highest BCUT2D eigenvalue weighted by Crippen LogP contribution is 2.67. The molecule has 0 aromatic rings. The first-order chi connectivity index (χ1) is 13.6. The first kappa shape index (κ1) is 21.6. The second-order valence-electron chi connectivity index (χ2n) is 11.9.